The van der Waals surface area contributed by atoms with Crippen molar-refractivity contribution in [2.75, 3.05) is 6.54 Å². The van der Waals surface area contributed by atoms with Gasteiger partial charge in [0.1, 0.15) is 11.9 Å². The van der Waals surface area contributed by atoms with Gasteiger partial charge in [0.05, 0.1) is 11.6 Å². The molecular formula is C21H20ClNO2S. The average Bonchev–Trinajstić information content (AvgIpc) is 3.43. The lowest BCUT2D eigenvalue weighted by molar-refractivity contribution is -0.126. The van der Waals surface area contributed by atoms with Gasteiger partial charge in [-0.15, -0.1) is 0 Å². The Bertz CT molecular complexity index is 876. The van der Waals surface area contributed by atoms with Gasteiger partial charge in [0.2, 0.25) is 5.91 Å². The van der Waals surface area contributed by atoms with Crippen molar-refractivity contribution in [1.82, 2.24) is 5.32 Å². The molecule has 5 heteroatoms. The van der Waals surface area contributed by atoms with Crippen LogP contribution in [-0.4, -0.2) is 18.6 Å². The number of fused-ring (bicyclic) bond motifs is 3. The molecule has 2 bridgehead atoms. The van der Waals surface area contributed by atoms with Crippen molar-refractivity contribution in [1.29, 1.82) is 0 Å². The minimum absolute atomic E-state index is 0.0432. The van der Waals surface area contributed by atoms with Crippen molar-refractivity contribution in [2.24, 2.45) is 17.8 Å². The molecule has 0 saturated heterocycles. The lowest BCUT2D eigenvalue weighted by Crippen LogP contribution is -2.39. The number of ether oxygens (including phenoxy) is 1. The average molecular weight is 386 g/mol. The molecule has 134 valence electrons. The maximum absolute atomic E-state index is 12.5. The highest BCUT2D eigenvalue weighted by Crippen LogP contribution is 2.43. The summed E-state index contributed by atoms with van der Waals surface area (Å²) in [6.45, 7) is 0.537. The van der Waals surface area contributed by atoms with Gasteiger partial charge >= 0.3 is 0 Å². The highest BCUT2D eigenvalue weighted by molar-refractivity contribution is 7.08. The third-order valence-electron chi connectivity index (χ3n) is 5.83. The van der Waals surface area contributed by atoms with Gasteiger partial charge in [0.15, 0.2) is 0 Å². The summed E-state index contributed by atoms with van der Waals surface area (Å²) in [5.74, 6) is 2.13. The predicted octanol–water partition coefficient (Wildman–Crippen LogP) is 4.70. The summed E-state index contributed by atoms with van der Waals surface area (Å²) in [5, 5.41) is 7.94. The van der Waals surface area contributed by atoms with Crippen LogP contribution in [0, 0.1) is 17.8 Å². The third kappa shape index (κ3) is 2.85. The molecule has 1 aromatic carbocycles. The highest BCUT2D eigenvalue weighted by Gasteiger charge is 2.40. The maximum Gasteiger partial charge on any atom is 0.223 e. The summed E-state index contributed by atoms with van der Waals surface area (Å²) in [7, 11) is 0. The van der Waals surface area contributed by atoms with Gasteiger partial charge in [-0.2, -0.15) is 11.3 Å². The van der Waals surface area contributed by atoms with Crippen LogP contribution in [0.1, 0.15) is 18.4 Å². The Morgan fingerprint density at radius 2 is 2.19 bits per heavy atom. The molecule has 4 atom stereocenters. The van der Waals surface area contributed by atoms with Crippen LogP contribution >= 0.6 is 22.9 Å². The van der Waals surface area contributed by atoms with E-state index in [0.717, 1.165) is 36.1 Å². The molecule has 1 amide bonds. The van der Waals surface area contributed by atoms with Gasteiger partial charge in [0.25, 0.3) is 0 Å². The van der Waals surface area contributed by atoms with Gasteiger partial charge in [-0.3, -0.25) is 4.79 Å². The molecule has 1 aliphatic heterocycles. The summed E-state index contributed by atoms with van der Waals surface area (Å²) in [6.07, 6.45) is 7.35. The molecule has 1 fully saturated rings. The van der Waals surface area contributed by atoms with Gasteiger partial charge in [0, 0.05) is 17.9 Å². The first-order valence-corrected chi connectivity index (χ1v) is 10.5. The molecule has 2 heterocycles. The number of benzene rings is 1. The zero-order valence-electron chi connectivity index (χ0n) is 14.3. The summed E-state index contributed by atoms with van der Waals surface area (Å²) >= 11 is 8.13. The van der Waals surface area contributed by atoms with Crippen LogP contribution in [0.15, 0.2) is 41.1 Å². The van der Waals surface area contributed by atoms with Crippen LogP contribution in [-0.2, 0) is 11.2 Å². The van der Waals surface area contributed by atoms with Gasteiger partial charge in [-0.05, 0) is 64.8 Å². The molecule has 5 rings (SSSR count). The Balaban J connectivity index is 1.24. The van der Waals surface area contributed by atoms with Gasteiger partial charge in [-0.1, -0.05) is 23.8 Å². The van der Waals surface area contributed by atoms with Crippen molar-refractivity contribution in [3.8, 4) is 16.9 Å². The zero-order valence-corrected chi connectivity index (χ0v) is 15.9. The van der Waals surface area contributed by atoms with Crippen molar-refractivity contribution >= 4 is 28.8 Å². The first-order valence-electron chi connectivity index (χ1n) is 9.15. The van der Waals surface area contributed by atoms with Crippen molar-refractivity contribution in [3.63, 3.8) is 0 Å². The molecule has 0 radical (unpaired) electrons. The standard InChI is InChI=1S/C21H20ClNO2S/c22-19-9-15(14-3-4-26-11-14)7-16-8-17(25-20(16)19)10-23-21(24)18-6-12-1-2-13(18)5-12/h1-4,7,9,11-13,17-18H,5-6,8,10H2,(H,23,24)/t12-,13+,17?,18-/m1/s1. The normalized spacial score (nSPS) is 28.2. The fourth-order valence-electron chi connectivity index (χ4n) is 4.52. The number of hydrogen-bond acceptors (Lipinski definition) is 3. The molecule has 2 aromatic rings. The molecule has 0 spiro atoms. The van der Waals surface area contributed by atoms with E-state index < -0.39 is 0 Å². The second-order valence-electron chi connectivity index (χ2n) is 7.53. The number of nitrogens with one attached hydrogen (secondary N) is 1. The SMILES string of the molecule is O=C(NCC1Cc2cc(-c3ccsc3)cc(Cl)c2O1)[C@@H]1C[C@@H]2C=C[C@H]1C2. The monoisotopic (exact) mass is 385 g/mol. The van der Waals surface area contributed by atoms with E-state index in [1.54, 1.807) is 11.3 Å². The first kappa shape index (κ1) is 16.4. The Morgan fingerprint density at radius 1 is 1.27 bits per heavy atom. The maximum atomic E-state index is 12.5. The lowest BCUT2D eigenvalue weighted by atomic mass is 9.93. The fourth-order valence-corrected chi connectivity index (χ4v) is 5.47. The van der Waals surface area contributed by atoms with Gasteiger partial charge < -0.3 is 10.1 Å². The summed E-state index contributed by atoms with van der Waals surface area (Å²) in [5.41, 5.74) is 3.43. The predicted molar refractivity (Wildman–Crippen MR) is 105 cm³/mol. The highest BCUT2D eigenvalue weighted by atomic mass is 35.5. The van der Waals surface area contributed by atoms with Crippen LogP contribution in [0.5, 0.6) is 5.75 Å². The van der Waals surface area contributed by atoms with E-state index in [4.69, 9.17) is 16.3 Å². The molecule has 2 aliphatic carbocycles. The van der Waals surface area contributed by atoms with Crippen LogP contribution in [0.25, 0.3) is 11.1 Å². The van der Waals surface area contributed by atoms with Crippen molar-refractivity contribution in [2.45, 2.75) is 25.4 Å². The Morgan fingerprint density at radius 3 is 2.92 bits per heavy atom. The molecule has 1 aromatic heterocycles. The number of carbonyl (C=O) groups is 1. The molecule has 3 nitrogen and oxygen atoms in total. The quantitative estimate of drug-likeness (QED) is 0.774. The van der Waals surface area contributed by atoms with E-state index >= 15 is 0 Å². The lowest BCUT2D eigenvalue weighted by Gasteiger charge is -2.19. The van der Waals surface area contributed by atoms with E-state index in [1.807, 2.05) is 6.07 Å². The summed E-state index contributed by atoms with van der Waals surface area (Å²) < 4.78 is 6.03. The Labute approximate surface area is 162 Å². The minimum Gasteiger partial charge on any atom is -0.486 e. The molecule has 26 heavy (non-hydrogen) atoms. The van der Waals surface area contributed by atoms with E-state index in [1.165, 1.54) is 5.56 Å². The number of rotatable bonds is 4. The Hall–Kier alpha value is -1.78. The largest absolute Gasteiger partial charge is 0.486 e. The van der Waals surface area contributed by atoms with Crippen LogP contribution < -0.4 is 10.1 Å². The number of amides is 1. The first-order chi connectivity index (χ1) is 12.7. The number of halogens is 1. The number of carbonyl (C=O) groups excluding carboxylic acids is 1. The van der Waals surface area contributed by atoms with E-state index in [0.29, 0.717) is 23.4 Å². The number of allylic oxidation sites excluding steroid dienone is 2. The van der Waals surface area contributed by atoms with Crippen molar-refractivity contribution in [3.05, 3.63) is 51.7 Å². The molecular weight excluding hydrogens is 366 g/mol. The molecule has 1 unspecified atom stereocenters. The summed E-state index contributed by atoms with van der Waals surface area (Å²) in [6, 6.07) is 6.22. The van der Waals surface area contributed by atoms with Crippen LogP contribution in [0.3, 0.4) is 0 Å². The second kappa shape index (κ2) is 6.43. The topological polar surface area (TPSA) is 38.3 Å². The summed E-state index contributed by atoms with van der Waals surface area (Å²) in [4.78, 5) is 12.5. The van der Waals surface area contributed by atoms with E-state index in [9.17, 15) is 4.79 Å². The fraction of sp³-hybridized carbons (Fsp3) is 0.381. The molecule has 3 aliphatic rings. The minimum atomic E-state index is -0.0432. The zero-order chi connectivity index (χ0) is 17.7. The smallest absolute Gasteiger partial charge is 0.223 e. The van der Waals surface area contributed by atoms with Crippen molar-refractivity contribution < 1.29 is 9.53 Å². The number of thiophene rings is 1. The third-order valence-corrected chi connectivity index (χ3v) is 6.79. The van der Waals surface area contributed by atoms with E-state index in [-0.39, 0.29) is 17.9 Å². The molecule has 1 N–H and O–H groups in total. The Kier molecular flexibility index (Phi) is 4.06. The van der Waals surface area contributed by atoms with Gasteiger partial charge in [-0.25, -0.2) is 0 Å². The van der Waals surface area contributed by atoms with Crippen LogP contribution in [0.2, 0.25) is 5.02 Å². The van der Waals surface area contributed by atoms with E-state index in [2.05, 4.69) is 40.4 Å². The second-order valence-corrected chi connectivity index (χ2v) is 8.72. The van der Waals surface area contributed by atoms with Crippen LogP contribution in [0.4, 0.5) is 0 Å². The molecule has 1 saturated carbocycles. The number of hydrogen-bond donors (Lipinski definition) is 1.